The first kappa shape index (κ1) is 81.2. The van der Waals surface area contributed by atoms with Gasteiger partial charge in [0.25, 0.3) is 0 Å². The third-order valence-electron chi connectivity index (χ3n) is 22.0. The number of amides is 12. The number of morpholine rings is 1. The van der Waals surface area contributed by atoms with Crippen LogP contribution in [0.3, 0.4) is 0 Å². The summed E-state index contributed by atoms with van der Waals surface area (Å²) in [5.74, 6) is -8.95. The first-order valence-electron chi connectivity index (χ1n) is 36.4. The highest BCUT2D eigenvalue weighted by Gasteiger charge is 2.52. The monoisotopic (exact) mass is 1440 g/mol. The van der Waals surface area contributed by atoms with Gasteiger partial charge >= 0.3 is 6.18 Å². The van der Waals surface area contributed by atoms with Crippen LogP contribution in [0.25, 0.3) is 0 Å². The number of alkyl halides is 3. The van der Waals surface area contributed by atoms with Crippen LogP contribution in [0.1, 0.15) is 174 Å². The molecule has 12 amide bonds. The molecule has 6 aliphatic rings. The number of rotatable bonds is 11. The van der Waals surface area contributed by atoms with Gasteiger partial charge in [0, 0.05) is 69.0 Å². The van der Waals surface area contributed by atoms with E-state index < -0.39 is 173 Å². The first-order chi connectivity index (χ1) is 47.7. The third kappa shape index (κ3) is 20.6. The minimum Gasteiger partial charge on any atom is -0.378 e. The highest BCUT2D eigenvalue weighted by atomic mass is 35.5. The Kier molecular flexibility index (Phi) is 29.2. The zero-order chi connectivity index (χ0) is 74.4. The first-order valence-corrected chi connectivity index (χ1v) is 36.8. The van der Waals surface area contributed by atoms with Crippen molar-refractivity contribution in [2.24, 2.45) is 23.7 Å². The smallest absolute Gasteiger partial charge is 0.378 e. The number of fused-ring (bicyclic) bond motifs is 1. The van der Waals surface area contributed by atoms with Gasteiger partial charge in [-0.2, -0.15) is 13.2 Å². The van der Waals surface area contributed by atoms with Crippen molar-refractivity contribution in [2.45, 2.75) is 223 Å². The van der Waals surface area contributed by atoms with Gasteiger partial charge in [0.15, 0.2) is 0 Å². The molecule has 3 aliphatic heterocycles. The lowest BCUT2D eigenvalue weighted by Crippen LogP contribution is -2.65. The molecule has 1 spiro atoms. The minimum atomic E-state index is -4.76. The van der Waals surface area contributed by atoms with E-state index in [9.17, 15) is 41.9 Å². The second kappa shape index (κ2) is 36.4. The SMILES string of the molecule is CC[C@H](C)[C@@H]1NC(=O)[C@H](CC(C)C)N(C)C(=O)C[C@@H](C(=O)N2CCOCC2)N(C)C(=O)[C@H](C2CCCCC2)N(C)C(=O)C2(CCCC2)NC(=O)C2CCCN2C(=O)[C@H](CCc2ccc(C(F)(F)F)c(Cl)c2)NC(=O)CN(C)C(=O)[C@H](CC2CCCCC2)N(C)C(=O)CN(C)C(=O)CN(C)C1=O. The van der Waals surface area contributed by atoms with Crippen molar-refractivity contribution in [3.8, 4) is 0 Å². The van der Waals surface area contributed by atoms with Gasteiger partial charge in [0.05, 0.1) is 49.9 Å². The van der Waals surface area contributed by atoms with Crippen molar-refractivity contribution in [3.63, 3.8) is 0 Å². The average molecular weight is 1440 g/mol. The molecule has 1 unspecified atom stereocenters. The van der Waals surface area contributed by atoms with Gasteiger partial charge in [-0.3, -0.25) is 57.5 Å². The van der Waals surface area contributed by atoms with E-state index in [0.29, 0.717) is 44.1 Å². The molecule has 25 nitrogen and oxygen atoms in total. The van der Waals surface area contributed by atoms with Crippen molar-refractivity contribution < 1.29 is 75.4 Å². The van der Waals surface area contributed by atoms with Gasteiger partial charge < -0.3 is 64.8 Å². The molecule has 3 saturated carbocycles. The molecule has 6 fully saturated rings. The van der Waals surface area contributed by atoms with Crippen molar-refractivity contribution >= 4 is 82.5 Å². The second-order valence-electron chi connectivity index (χ2n) is 29.7. The van der Waals surface area contributed by atoms with E-state index in [0.717, 1.165) is 78.2 Å². The van der Waals surface area contributed by atoms with E-state index >= 15 is 28.8 Å². The van der Waals surface area contributed by atoms with Crippen LogP contribution in [0.5, 0.6) is 0 Å². The molecule has 3 aliphatic carbocycles. The number of nitrogens with one attached hydrogen (secondary N) is 3. The number of benzene rings is 1. The number of aryl methyl sites for hydroxylation is 1. The Balaban J connectivity index is 1.29. The third-order valence-corrected chi connectivity index (χ3v) is 22.3. The van der Waals surface area contributed by atoms with Gasteiger partial charge in [-0.15, -0.1) is 0 Å². The number of nitrogens with zero attached hydrogens (tertiary/aromatic N) is 9. The topological polar surface area (TPSA) is 279 Å². The lowest BCUT2D eigenvalue weighted by Gasteiger charge is -2.43. The maximum Gasteiger partial charge on any atom is 0.417 e. The lowest BCUT2D eigenvalue weighted by atomic mass is 9.81. The fourth-order valence-electron chi connectivity index (χ4n) is 15.5. The quantitative estimate of drug-likeness (QED) is 0.255. The Bertz CT molecular complexity index is 3140. The van der Waals surface area contributed by atoms with Crippen molar-refractivity contribution in [1.29, 1.82) is 0 Å². The number of likely N-dealkylation sites (N-methyl/N-ethyl adjacent to an activating group) is 7. The van der Waals surface area contributed by atoms with Gasteiger partial charge in [-0.25, -0.2) is 0 Å². The van der Waals surface area contributed by atoms with Crippen LogP contribution in [0, 0.1) is 23.7 Å². The average Bonchev–Trinajstić information content (AvgIpc) is 1.74. The predicted octanol–water partition coefficient (Wildman–Crippen LogP) is 5.27. The summed E-state index contributed by atoms with van der Waals surface area (Å²) in [5, 5.41) is 8.16. The van der Waals surface area contributed by atoms with Crippen LogP contribution in [0.15, 0.2) is 18.2 Å². The molecule has 7 rings (SSSR count). The van der Waals surface area contributed by atoms with Crippen molar-refractivity contribution in [3.05, 3.63) is 34.3 Å². The summed E-state index contributed by atoms with van der Waals surface area (Å²) in [4.78, 5) is 191. The number of halogens is 4. The Morgan fingerprint density at radius 1 is 0.644 bits per heavy atom. The van der Waals surface area contributed by atoms with Gasteiger partial charge in [0.1, 0.15) is 47.8 Å². The number of hydrogen-bond donors (Lipinski definition) is 3. The Morgan fingerprint density at radius 3 is 1.85 bits per heavy atom. The molecule has 0 radical (unpaired) electrons. The van der Waals surface area contributed by atoms with Crippen molar-refractivity contribution in [2.75, 3.05) is 102 Å². The molecule has 3 heterocycles. The maximum absolute atomic E-state index is 15.8. The van der Waals surface area contributed by atoms with Gasteiger partial charge in [-0.1, -0.05) is 116 Å². The highest BCUT2D eigenvalue weighted by Crippen LogP contribution is 2.38. The summed E-state index contributed by atoms with van der Waals surface area (Å²) >= 11 is 6.16. The molecule has 0 aromatic heterocycles. The molecule has 29 heteroatoms. The van der Waals surface area contributed by atoms with Crippen LogP contribution in [0.2, 0.25) is 5.02 Å². The second-order valence-corrected chi connectivity index (χ2v) is 30.1. The summed E-state index contributed by atoms with van der Waals surface area (Å²) in [6, 6.07) is -5.66. The Hall–Kier alpha value is -7.10. The molecule has 3 saturated heterocycles. The number of carbonyl (C=O) groups excluding carboxylic acids is 12. The van der Waals surface area contributed by atoms with Crippen molar-refractivity contribution in [1.82, 2.24) is 60.0 Å². The molecule has 101 heavy (non-hydrogen) atoms. The Morgan fingerprint density at radius 2 is 1.25 bits per heavy atom. The fourth-order valence-corrected chi connectivity index (χ4v) is 15.8. The summed E-state index contributed by atoms with van der Waals surface area (Å²) in [6.07, 6.45) is 4.64. The van der Waals surface area contributed by atoms with E-state index in [-0.39, 0.29) is 89.6 Å². The van der Waals surface area contributed by atoms with Gasteiger partial charge in [0.2, 0.25) is 70.9 Å². The van der Waals surface area contributed by atoms with Gasteiger partial charge in [-0.05, 0) is 106 Å². The standard InChI is InChI=1S/C72H110ClF3N12O13/c1-12-46(4)61-68(98)82(7)43-59(91)80(5)44-60(92)84(9)55(40-47-22-15-13-16-23-47)66(96)81(6)42-57(89)77-52(30-28-48-27-29-50(51(73)39-48)72(74,75)76)65(95)88-33-21-26-53(88)64(94)79-71(31-19-20-32-71)70(100)86(11)62(49-24-17-14-18-25-49)69(99)85(10)56(67(97)87-34-36-101-37-35-87)41-58(90)83(8)54(38-45(2)3)63(93)78-61/h27,29,39,45-47,49,52-56,61-62H,12-26,28,30-38,40-44H2,1-11H3,(H,77,89)(H,78,93)(H,79,94)/t46-,52-,53?,54-,55-,56-,61-,62-/m0/s1. The van der Waals surface area contributed by atoms with Crippen LogP contribution < -0.4 is 16.0 Å². The zero-order valence-electron chi connectivity index (χ0n) is 61.1. The largest absolute Gasteiger partial charge is 0.417 e. The van der Waals surface area contributed by atoms with Crippen LogP contribution in [-0.2, 0) is 74.9 Å². The van der Waals surface area contributed by atoms with E-state index in [1.165, 1.54) is 84.8 Å². The van der Waals surface area contributed by atoms with Crippen LogP contribution in [0.4, 0.5) is 13.2 Å². The molecule has 1 aromatic carbocycles. The molecule has 3 N–H and O–H groups in total. The zero-order valence-corrected chi connectivity index (χ0v) is 61.9. The number of hydrogen-bond acceptors (Lipinski definition) is 13. The Labute approximate surface area is 598 Å². The summed E-state index contributed by atoms with van der Waals surface area (Å²) in [6.45, 7) is 6.34. The molecule has 0 bridgehead atoms. The highest BCUT2D eigenvalue weighted by molar-refractivity contribution is 6.31. The molecule has 1 aromatic rings. The molecular formula is C72H110ClF3N12O13. The maximum atomic E-state index is 15.8. The van der Waals surface area contributed by atoms with Crippen LogP contribution in [-0.4, -0.2) is 265 Å². The molecular weight excluding hydrogens is 1330 g/mol. The normalized spacial score (nSPS) is 26.8. The number of ether oxygens (including phenoxy) is 1. The van der Waals surface area contributed by atoms with E-state index in [4.69, 9.17) is 16.3 Å². The van der Waals surface area contributed by atoms with E-state index in [1.54, 1.807) is 6.92 Å². The summed E-state index contributed by atoms with van der Waals surface area (Å²) < 4.78 is 47.2. The molecule has 564 valence electrons. The fraction of sp³-hybridized carbons (Fsp3) is 0.750. The van der Waals surface area contributed by atoms with Crippen LogP contribution >= 0.6 is 11.6 Å². The predicted molar refractivity (Wildman–Crippen MR) is 371 cm³/mol. The summed E-state index contributed by atoms with van der Waals surface area (Å²) in [5.41, 5.74) is -2.36. The van der Waals surface area contributed by atoms with E-state index in [2.05, 4.69) is 16.0 Å². The van der Waals surface area contributed by atoms with E-state index in [1.807, 2.05) is 20.8 Å². The molecule has 8 atom stereocenters. The lowest BCUT2D eigenvalue weighted by molar-refractivity contribution is -0.158. The number of carbonyl (C=O) groups is 12. The summed E-state index contributed by atoms with van der Waals surface area (Å²) in [7, 11) is 9.94. The minimum absolute atomic E-state index is 0.0164.